The third kappa shape index (κ3) is 4.48. The van der Waals surface area contributed by atoms with Gasteiger partial charge in [-0.2, -0.15) is 5.10 Å². The van der Waals surface area contributed by atoms with E-state index in [1.807, 2.05) is 44.2 Å². The minimum atomic E-state index is -3.28. The van der Waals surface area contributed by atoms with Gasteiger partial charge in [-0.05, 0) is 37.1 Å². The van der Waals surface area contributed by atoms with Gasteiger partial charge in [0, 0.05) is 17.9 Å². The standard InChI is InChI=1S/C21H23N3O3S/c1-15(2)23-20-19(17-9-11-18(12-10-17)28(3,26)27)13-22-24(21(20)25)14-16-7-5-4-6-8-16/h4-13,15,23H,14H2,1-3H3. The highest BCUT2D eigenvalue weighted by Crippen LogP contribution is 2.26. The van der Waals surface area contributed by atoms with E-state index in [-0.39, 0.29) is 16.5 Å². The maximum absolute atomic E-state index is 13.1. The summed E-state index contributed by atoms with van der Waals surface area (Å²) in [7, 11) is -3.28. The molecule has 0 aliphatic rings. The lowest BCUT2D eigenvalue weighted by molar-refractivity contribution is 0.602. The molecule has 3 aromatic rings. The Labute approximate surface area is 164 Å². The fraction of sp³-hybridized carbons (Fsp3) is 0.238. The molecule has 0 unspecified atom stereocenters. The smallest absolute Gasteiger partial charge is 0.291 e. The molecule has 0 fully saturated rings. The zero-order valence-corrected chi connectivity index (χ0v) is 16.9. The summed E-state index contributed by atoms with van der Waals surface area (Å²) in [5.74, 6) is 0. The highest BCUT2D eigenvalue weighted by molar-refractivity contribution is 7.90. The number of benzene rings is 2. The molecule has 6 nitrogen and oxygen atoms in total. The monoisotopic (exact) mass is 397 g/mol. The summed E-state index contributed by atoms with van der Waals surface area (Å²) in [5, 5.41) is 7.55. The number of nitrogens with one attached hydrogen (secondary N) is 1. The van der Waals surface area contributed by atoms with Crippen LogP contribution >= 0.6 is 0 Å². The molecule has 0 atom stereocenters. The van der Waals surface area contributed by atoms with Crippen LogP contribution in [0.5, 0.6) is 0 Å². The van der Waals surface area contributed by atoms with Gasteiger partial charge in [-0.25, -0.2) is 13.1 Å². The van der Waals surface area contributed by atoms with Gasteiger partial charge in [0.2, 0.25) is 0 Å². The number of rotatable bonds is 6. The van der Waals surface area contributed by atoms with E-state index in [1.165, 1.54) is 10.9 Å². The summed E-state index contributed by atoms with van der Waals surface area (Å²) < 4.78 is 24.8. The third-order valence-electron chi connectivity index (χ3n) is 4.25. The quantitative estimate of drug-likeness (QED) is 0.691. The molecule has 1 aromatic heterocycles. The lowest BCUT2D eigenvalue weighted by atomic mass is 10.1. The fourth-order valence-corrected chi connectivity index (χ4v) is 3.52. The van der Waals surface area contributed by atoms with E-state index in [2.05, 4.69) is 10.4 Å². The van der Waals surface area contributed by atoms with E-state index in [0.717, 1.165) is 11.1 Å². The molecule has 0 saturated carbocycles. The van der Waals surface area contributed by atoms with Crippen LogP contribution in [0.25, 0.3) is 11.1 Å². The minimum absolute atomic E-state index is 0.0503. The lowest BCUT2D eigenvalue weighted by Crippen LogP contribution is -2.28. The predicted octanol–water partition coefficient (Wildman–Crippen LogP) is 3.18. The van der Waals surface area contributed by atoms with Crippen molar-refractivity contribution < 1.29 is 8.42 Å². The predicted molar refractivity (Wildman–Crippen MR) is 111 cm³/mol. The Balaban J connectivity index is 2.06. The molecule has 1 N–H and O–H groups in total. The number of anilines is 1. The molecule has 3 rings (SSSR count). The van der Waals surface area contributed by atoms with Gasteiger partial charge >= 0.3 is 0 Å². The van der Waals surface area contributed by atoms with Gasteiger partial charge in [-0.15, -0.1) is 0 Å². The van der Waals surface area contributed by atoms with E-state index in [9.17, 15) is 13.2 Å². The van der Waals surface area contributed by atoms with Crippen LogP contribution in [0.3, 0.4) is 0 Å². The van der Waals surface area contributed by atoms with E-state index >= 15 is 0 Å². The zero-order valence-electron chi connectivity index (χ0n) is 16.1. The number of sulfone groups is 1. The summed E-state index contributed by atoms with van der Waals surface area (Å²) in [6.07, 6.45) is 2.81. The van der Waals surface area contributed by atoms with Crippen molar-refractivity contribution in [3.63, 3.8) is 0 Å². The van der Waals surface area contributed by atoms with Crippen molar-refractivity contribution in [3.8, 4) is 11.1 Å². The van der Waals surface area contributed by atoms with Crippen LogP contribution in [0.1, 0.15) is 19.4 Å². The molecule has 28 heavy (non-hydrogen) atoms. The molecule has 1 heterocycles. The number of nitrogens with zero attached hydrogens (tertiary/aromatic N) is 2. The maximum atomic E-state index is 13.1. The van der Waals surface area contributed by atoms with Crippen LogP contribution in [0.4, 0.5) is 5.69 Å². The number of hydrogen-bond acceptors (Lipinski definition) is 5. The van der Waals surface area contributed by atoms with Crippen LogP contribution in [-0.4, -0.2) is 30.5 Å². The molecule has 0 radical (unpaired) electrons. The highest BCUT2D eigenvalue weighted by atomic mass is 32.2. The first-order chi connectivity index (χ1) is 13.3. The van der Waals surface area contributed by atoms with Gasteiger partial charge in [0.1, 0.15) is 5.69 Å². The normalized spacial score (nSPS) is 11.6. The van der Waals surface area contributed by atoms with E-state index in [0.29, 0.717) is 17.8 Å². The van der Waals surface area contributed by atoms with Crippen molar-refractivity contribution in [1.29, 1.82) is 0 Å². The minimum Gasteiger partial charge on any atom is -0.378 e. The molecule has 146 valence electrons. The lowest BCUT2D eigenvalue weighted by Gasteiger charge is -2.16. The second-order valence-electron chi connectivity index (χ2n) is 6.98. The number of aromatic nitrogens is 2. The second kappa shape index (κ2) is 7.98. The van der Waals surface area contributed by atoms with Crippen molar-refractivity contribution >= 4 is 15.5 Å². The van der Waals surface area contributed by atoms with E-state index < -0.39 is 9.84 Å². The Morgan fingerprint density at radius 2 is 1.68 bits per heavy atom. The molecule has 0 bridgehead atoms. The topological polar surface area (TPSA) is 81.1 Å². The molecule has 0 amide bonds. The second-order valence-corrected chi connectivity index (χ2v) is 8.99. The Bertz CT molecular complexity index is 1120. The van der Waals surface area contributed by atoms with Crippen LogP contribution in [0, 0.1) is 0 Å². The third-order valence-corrected chi connectivity index (χ3v) is 5.37. The van der Waals surface area contributed by atoms with Gasteiger partial charge in [-0.3, -0.25) is 4.79 Å². The number of hydrogen-bond donors (Lipinski definition) is 1. The molecule has 0 aliphatic heterocycles. The van der Waals surface area contributed by atoms with Crippen LogP contribution < -0.4 is 10.9 Å². The first-order valence-corrected chi connectivity index (χ1v) is 10.9. The van der Waals surface area contributed by atoms with E-state index in [4.69, 9.17) is 0 Å². The molecule has 0 saturated heterocycles. The molecule has 0 aliphatic carbocycles. The molecular weight excluding hydrogens is 374 g/mol. The summed E-state index contributed by atoms with van der Waals surface area (Å²) in [6.45, 7) is 4.29. The summed E-state index contributed by atoms with van der Waals surface area (Å²) >= 11 is 0. The largest absolute Gasteiger partial charge is 0.378 e. The van der Waals surface area contributed by atoms with Crippen molar-refractivity contribution in [2.75, 3.05) is 11.6 Å². The van der Waals surface area contributed by atoms with Crippen molar-refractivity contribution in [3.05, 3.63) is 76.7 Å². The SMILES string of the molecule is CC(C)Nc1c(-c2ccc(S(C)(=O)=O)cc2)cnn(Cc2ccccc2)c1=O. The molecular formula is C21H23N3O3S. The summed E-state index contributed by atoms with van der Waals surface area (Å²) in [4.78, 5) is 13.3. The summed E-state index contributed by atoms with van der Waals surface area (Å²) in [6, 6.07) is 16.2. The zero-order chi connectivity index (χ0) is 20.3. The molecule has 7 heteroatoms. The van der Waals surface area contributed by atoms with Gasteiger partial charge < -0.3 is 5.32 Å². The fourth-order valence-electron chi connectivity index (χ4n) is 2.89. The Morgan fingerprint density at radius 3 is 2.25 bits per heavy atom. The van der Waals surface area contributed by atoms with Crippen molar-refractivity contribution in [2.24, 2.45) is 0 Å². The van der Waals surface area contributed by atoms with Gasteiger partial charge in [0.25, 0.3) is 5.56 Å². The molecule has 2 aromatic carbocycles. The van der Waals surface area contributed by atoms with Crippen LogP contribution in [-0.2, 0) is 16.4 Å². The summed E-state index contributed by atoms with van der Waals surface area (Å²) in [5.41, 5.74) is 2.59. The molecule has 0 spiro atoms. The van der Waals surface area contributed by atoms with Gasteiger partial charge in [0.15, 0.2) is 9.84 Å². The van der Waals surface area contributed by atoms with Crippen molar-refractivity contribution in [2.45, 2.75) is 31.3 Å². The van der Waals surface area contributed by atoms with Crippen LogP contribution in [0.2, 0.25) is 0 Å². The average Bonchev–Trinajstić information content (AvgIpc) is 2.65. The Hall–Kier alpha value is -2.93. The van der Waals surface area contributed by atoms with E-state index in [1.54, 1.807) is 30.5 Å². The first-order valence-electron chi connectivity index (χ1n) is 8.97. The highest BCUT2D eigenvalue weighted by Gasteiger charge is 2.15. The Morgan fingerprint density at radius 1 is 1.04 bits per heavy atom. The average molecular weight is 398 g/mol. The van der Waals surface area contributed by atoms with Gasteiger partial charge in [-0.1, -0.05) is 42.5 Å². The van der Waals surface area contributed by atoms with Gasteiger partial charge in [0.05, 0.1) is 17.6 Å². The Kier molecular flexibility index (Phi) is 5.65. The van der Waals surface area contributed by atoms with Crippen molar-refractivity contribution in [1.82, 2.24) is 9.78 Å². The maximum Gasteiger partial charge on any atom is 0.291 e. The first kappa shape index (κ1) is 19.8. The van der Waals surface area contributed by atoms with Crippen LogP contribution in [0.15, 0.2) is 70.5 Å².